The van der Waals surface area contributed by atoms with E-state index in [4.69, 9.17) is 0 Å². The van der Waals surface area contributed by atoms with Crippen LogP contribution in [0.4, 0.5) is 5.69 Å². The minimum absolute atomic E-state index is 0.0242. The second kappa shape index (κ2) is 7.54. The summed E-state index contributed by atoms with van der Waals surface area (Å²) in [4.78, 5) is 21.8. The molecule has 2 N–H and O–H groups in total. The maximum Gasteiger partial charge on any atom is 0.270 e. The lowest BCUT2D eigenvalue weighted by Crippen LogP contribution is -2.41. The Bertz CT molecular complexity index is 536. The van der Waals surface area contributed by atoms with Gasteiger partial charge in [0.1, 0.15) is 0 Å². The van der Waals surface area contributed by atoms with Crippen molar-refractivity contribution in [3.63, 3.8) is 0 Å². The Morgan fingerprint density at radius 3 is 2.67 bits per heavy atom. The zero-order valence-electron chi connectivity index (χ0n) is 12.2. The molecule has 6 heteroatoms. The molecule has 0 aliphatic rings. The first-order chi connectivity index (χ1) is 9.90. The molecule has 0 spiro atoms. The summed E-state index contributed by atoms with van der Waals surface area (Å²) in [5.41, 5.74) is -0.348. The van der Waals surface area contributed by atoms with Gasteiger partial charge in [-0.05, 0) is 24.5 Å². The van der Waals surface area contributed by atoms with E-state index in [9.17, 15) is 20.0 Å². The molecule has 114 valence electrons. The zero-order chi connectivity index (χ0) is 15.9. The van der Waals surface area contributed by atoms with Crippen molar-refractivity contribution in [3.8, 4) is 0 Å². The fourth-order valence-electron chi connectivity index (χ4n) is 1.72. The van der Waals surface area contributed by atoms with Crippen LogP contribution in [0.1, 0.15) is 32.3 Å². The maximum absolute atomic E-state index is 11.7. The summed E-state index contributed by atoms with van der Waals surface area (Å²) in [7, 11) is 0. The van der Waals surface area contributed by atoms with Gasteiger partial charge in [-0.2, -0.15) is 0 Å². The highest BCUT2D eigenvalue weighted by Crippen LogP contribution is 2.14. The van der Waals surface area contributed by atoms with Crippen LogP contribution in [0.15, 0.2) is 30.3 Å². The normalized spacial score (nSPS) is 11.6. The molecule has 0 aliphatic carbocycles. The van der Waals surface area contributed by atoms with Gasteiger partial charge in [-0.15, -0.1) is 0 Å². The van der Waals surface area contributed by atoms with E-state index in [0.717, 1.165) is 0 Å². The molecule has 6 nitrogen and oxygen atoms in total. The largest absolute Gasteiger partial charge is 0.388 e. The molecule has 0 saturated carbocycles. The SMILES string of the molecule is CCC(O)(CC)CNC(=O)C=Cc1cccc([N+](=O)[O-])c1. The van der Waals surface area contributed by atoms with Crippen molar-refractivity contribution in [3.05, 3.63) is 46.0 Å². The molecular weight excluding hydrogens is 272 g/mol. The van der Waals surface area contributed by atoms with Gasteiger partial charge in [0.2, 0.25) is 5.91 Å². The monoisotopic (exact) mass is 292 g/mol. The molecule has 0 aromatic heterocycles. The minimum atomic E-state index is -0.894. The first-order valence-corrected chi connectivity index (χ1v) is 6.83. The molecule has 0 fully saturated rings. The van der Waals surface area contributed by atoms with Gasteiger partial charge in [0, 0.05) is 24.8 Å². The number of nitrogens with zero attached hydrogens (tertiary/aromatic N) is 1. The fraction of sp³-hybridized carbons (Fsp3) is 0.400. The number of carbonyl (C=O) groups is 1. The Morgan fingerprint density at radius 1 is 1.43 bits per heavy atom. The van der Waals surface area contributed by atoms with Crippen molar-refractivity contribution in [2.75, 3.05) is 6.54 Å². The lowest BCUT2D eigenvalue weighted by molar-refractivity contribution is -0.384. The van der Waals surface area contributed by atoms with Crippen LogP contribution in [-0.4, -0.2) is 28.1 Å². The lowest BCUT2D eigenvalue weighted by atomic mass is 9.98. The third-order valence-corrected chi connectivity index (χ3v) is 3.42. The molecule has 0 unspecified atom stereocenters. The highest BCUT2D eigenvalue weighted by atomic mass is 16.6. The molecule has 0 bridgehead atoms. The number of nitro groups is 1. The molecule has 0 aliphatic heterocycles. The maximum atomic E-state index is 11.7. The van der Waals surface area contributed by atoms with E-state index in [2.05, 4.69) is 5.32 Å². The number of rotatable bonds is 7. The number of carbonyl (C=O) groups excluding carboxylic acids is 1. The highest BCUT2D eigenvalue weighted by molar-refractivity contribution is 5.91. The van der Waals surface area contributed by atoms with Crippen molar-refractivity contribution in [2.45, 2.75) is 32.3 Å². The second-order valence-electron chi connectivity index (χ2n) is 4.83. The number of benzene rings is 1. The van der Waals surface area contributed by atoms with Gasteiger partial charge in [-0.3, -0.25) is 14.9 Å². The Morgan fingerprint density at radius 2 is 2.10 bits per heavy atom. The number of aliphatic hydroxyl groups is 1. The average molecular weight is 292 g/mol. The molecule has 1 aromatic rings. The summed E-state index contributed by atoms with van der Waals surface area (Å²) in [5, 5.41) is 23.3. The quantitative estimate of drug-likeness (QED) is 0.458. The predicted molar refractivity (Wildman–Crippen MR) is 80.7 cm³/mol. The lowest BCUT2D eigenvalue weighted by Gasteiger charge is -2.24. The second-order valence-corrected chi connectivity index (χ2v) is 4.83. The van der Waals surface area contributed by atoms with E-state index in [1.807, 2.05) is 13.8 Å². The van der Waals surface area contributed by atoms with E-state index in [-0.39, 0.29) is 18.1 Å². The summed E-state index contributed by atoms with van der Waals surface area (Å²) in [6.07, 6.45) is 3.90. The molecule has 1 aromatic carbocycles. The summed E-state index contributed by atoms with van der Waals surface area (Å²) in [5.74, 6) is -0.346. The smallest absolute Gasteiger partial charge is 0.270 e. The van der Waals surface area contributed by atoms with Gasteiger partial charge in [0.15, 0.2) is 0 Å². The average Bonchev–Trinajstić information content (AvgIpc) is 2.50. The molecule has 1 amide bonds. The van der Waals surface area contributed by atoms with E-state index in [1.165, 1.54) is 24.3 Å². The summed E-state index contributed by atoms with van der Waals surface area (Å²) < 4.78 is 0. The van der Waals surface area contributed by atoms with Gasteiger partial charge >= 0.3 is 0 Å². The van der Waals surface area contributed by atoms with Crippen LogP contribution >= 0.6 is 0 Å². The van der Waals surface area contributed by atoms with Crippen LogP contribution in [0.25, 0.3) is 6.08 Å². The standard InChI is InChI=1S/C15H20N2O4/c1-3-15(19,4-2)11-16-14(18)9-8-12-6-5-7-13(10-12)17(20)21/h5-10,19H,3-4,11H2,1-2H3,(H,16,18). The predicted octanol–water partition coefficient (Wildman–Crippen LogP) is 2.28. The van der Waals surface area contributed by atoms with E-state index in [1.54, 1.807) is 12.1 Å². The molecule has 0 saturated heterocycles. The van der Waals surface area contributed by atoms with Crippen LogP contribution in [0.5, 0.6) is 0 Å². The topological polar surface area (TPSA) is 92.5 Å². The fourth-order valence-corrected chi connectivity index (χ4v) is 1.72. The Kier molecular flexibility index (Phi) is 6.05. The van der Waals surface area contributed by atoms with Crippen molar-refractivity contribution in [1.82, 2.24) is 5.32 Å². The number of nitrogens with one attached hydrogen (secondary N) is 1. The van der Waals surface area contributed by atoms with Gasteiger partial charge in [-0.25, -0.2) is 0 Å². The molecular formula is C15H20N2O4. The summed E-state index contributed by atoms with van der Waals surface area (Å²) in [6.45, 7) is 3.89. The Hall–Kier alpha value is -2.21. The third-order valence-electron chi connectivity index (χ3n) is 3.42. The third kappa shape index (κ3) is 5.35. The summed E-state index contributed by atoms with van der Waals surface area (Å²) >= 11 is 0. The zero-order valence-corrected chi connectivity index (χ0v) is 12.2. The van der Waals surface area contributed by atoms with E-state index >= 15 is 0 Å². The first kappa shape index (κ1) is 16.8. The number of nitro benzene ring substituents is 1. The van der Waals surface area contributed by atoms with Crippen LogP contribution in [0.2, 0.25) is 0 Å². The van der Waals surface area contributed by atoms with Gasteiger partial charge in [0.25, 0.3) is 5.69 Å². The number of amides is 1. The molecule has 0 atom stereocenters. The van der Waals surface area contributed by atoms with Gasteiger partial charge in [-0.1, -0.05) is 26.0 Å². The van der Waals surface area contributed by atoms with Gasteiger partial charge in [0.05, 0.1) is 10.5 Å². The highest BCUT2D eigenvalue weighted by Gasteiger charge is 2.22. The molecule has 21 heavy (non-hydrogen) atoms. The summed E-state index contributed by atoms with van der Waals surface area (Å²) in [6, 6.07) is 6.01. The molecule has 0 heterocycles. The molecule has 0 radical (unpaired) electrons. The van der Waals surface area contributed by atoms with Crippen LogP contribution < -0.4 is 5.32 Å². The number of non-ortho nitro benzene ring substituents is 1. The Balaban J connectivity index is 2.62. The van der Waals surface area contributed by atoms with Gasteiger partial charge < -0.3 is 10.4 Å². The molecule has 1 rings (SSSR count). The van der Waals surface area contributed by atoms with Crippen molar-refractivity contribution in [2.24, 2.45) is 0 Å². The Labute approximate surface area is 123 Å². The van der Waals surface area contributed by atoms with Crippen LogP contribution in [-0.2, 0) is 4.79 Å². The minimum Gasteiger partial charge on any atom is -0.388 e. The van der Waals surface area contributed by atoms with Crippen LogP contribution in [0.3, 0.4) is 0 Å². The number of hydrogen-bond donors (Lipinski definition) is 2. The van der Waals surface area contributed by atoms with E-state index in [0.29, 0.717) is 18.4 Å². The van der Waals surface area contributed by atoms with Crippen LogP contribution in [0, 0.1) is 10.1 Å². The first-order valence-electron chi connectivity index (χ1n) is 6.83. The van der Waals surface area contributed by atoms with Crippen molar-refractivity contribution >= 4 is 17.7 Å². The van der Waals surface area contributed by atoms with E-state index < -0.39 is 10.5 Å². The van der Waals surface area contributed by atoms with Crippen molar-refractivity contribution < 1.29 is 14.8 Å². The van der Waals surface area contributed by atoms with Crippen molar-refractivity contribution in [1.29, 1.82) is 0 Å². The number of hydrogen-bond acceptors (Lipinski definition) is 4.